The highest BCUT2D eigenvalue weighted by atomic mass is 16.5. The van der Waals surface area contributed by atoms with Crippen molar-refractivity contribution in [3.05, 3.63) is 40.0 Å². The molecule has 116 valence electrons. The average Bonchev–Trinajstić information content (AvgIpc) is 2.50. The van der Waals surface area contributed by atoms with E-state index in [1.54, 1.807) is 0 Å². The molecule has 1 heterocycles. The van der Waals surface area contributed by atoms with Gasteiger partial charge in [0.2, 0.25) is 0 Å². The van der Waals surface area contributed by atoms with Crippen LogP contribution < -0.4 is 0 Å². The van der Waals surface area contributed by atoms with E-state index in [1.165, 1.54) is 33.4 Å². The van der Waals surface area contributed by atoms with Crippen molar-refractivity contribution in [3.8, 4) is 0 Å². The molecular weight excluding hydrogens is 256 g/mol. The molecule has 0 unspecified atom stereocenters. The van der Waals surface area contributed by atoms with Crippen LogP contribution in [0, 0.1) is 19.8 Å². The van der Waals surface area contributed by atoms with Crippen molar-refractivity contribution >= 4 is 5.57 Å². The van der Waals surface area contributed by atoms with Gasteiger partial charge in [-0.3, -0.25) is 0 Å². The highest BCUT2D eigenvalue weighted by Crippen LogP contribution is 2.42. The predicted octanol–water partition coefficient (Wildman–Crippen LogP) is 5.95. The van der Waals surface area contributed by atoms with Gasteiger partial charge in [-0.15, -0.1) is 0 Å². The molecule has 0 fully saturated rings. The van der Waals surface area contributed by atoms with E-state index < -0.39 is 0 Å². The second kappa shape index (κ2) is 5.96. The van der Waals surface area contributed by atoms with Gasteiger partial charge in [0.25, 0.3) is 0 Å². The van der Waals surface area contributed by atoms with Gasteiger partial charge in [0.1, 0.15) is 0 Å². The van der Waals surface area contributed by atoms with Crippen molar-refractivity contribution in [2.45, 2.75) is 73.5 Å². The largest absolute Gasteiger partial charge is 0.367 e. The third-order valence-corrected chi connectivity index (χ3v) is 4.70. The van der Waals surface area contributed by atoms with Crippen molar-refractivity contribution in [2.24, 2.45) is 5.92 Å². The number of aryl methyl sites for hydroxylation is 1. The molecule has 0 aromatic heterocycles. The van der Waals surface area contributed by atoms with Crippen LogP contribution in [-0.2, 0) is 4.74 Å². The first-order valence-electron chi connectivity index (χ1n) is 8.25. The Hall–Kier alpha value is -1.08. The summed E-state index contributed by atoms with van der Waals surface area (Å²) < 4.78 is 6.21. The summed E-state index contributed by atoms with van der Waals surface area (Å²) in [6.07, 6.45) is 2.65. The van der Waals surface area contributed by atoms with Crippen molar-refractivity contribution in [2.75, 3.05) is 0 Å². The van der Waals surface area contributed by atoms with E-state index in [0.29, 0.717) is 11.8 Å². The molecule has 1 aliphatic heterocycles. The van der Waals surface area contributed by atoms with E-state index in [1.807, 2.05) is 0 Å². The van der Waals surface area contributed by atoms with Crippen LogP contribution in [0.5, 0.6) is 0 Å². The number of hydrogen-bond acceptors (Lipinski definition) is 1. The first kappa shape index (κ1) is 16.3. The molecule has 2 atom stereocenters. The zero-order valence-electron chi connectivity index (χ0n) is 14.9. The molecule has 1 nitrogen and oxygen atoms in total. The van der Waals surface area contributed by atoms with Gasteiger partial charge in [-0.1, -0.05) is 39.8 Å². The summed E-state index contributed by atoms with van der Waals surface area (Å²) in [5.41, 5.74) is 8.56. The molecular formula is C20H30O. The quantitative estimate of drug-likeness (QED) is 0.653. The minimum Gasteiger partial charge on any atom is -0.367 e. The van der Waals surface area contributed by atoms with Gasteiger partial charge in [-0.05, 0) is 72.9 Å². The minimum atomic E-state index is 0.153. The number of benzene rings is 1. The molecule has 1 heteroatoms. The lowest BCUT2D eigenvalue weighted by Gasteiger charge is -2.26. The molecule has 1 aromatic carbocycles. The van der Waals surface area contributed by atoms with E-state index in [9.17, 15) is 0 Å². The van der Waals surface area contributed by atoms with Crippen molar-refractivity contribution in [1.82, 2.24) is 0 Å². The Balaban J connectivity index is 2.85. The number of fused-ring (bicyclic) bond motifs is 1. The zero-order chi connectivity index (χ0) is 15.9. The fourth-order valence-corrected chi connectivity index (χ4v) is 3.50. The first-order valence-corrected chi connectivity index (χ1v) is 8.25. The highest BCUT2D eigenvalue weighted by Gasteiger charge is 2.27. The molecule has 0 aliphatic carbocycles. The van der Waals surface area contributed by atoms with Crippen molar-refractivity contribution in [1.29, 1.82) is 0 Å². The summed E-state index contributed by atoms with van der Waals surface area (Å²) >= 11 is 0. The maximum atomic E-state index is 6.21. The van der Waals surface area contributed by atoms with Gasteiger partial charge in [-0.2, -0.15) is 0 Å². The molecule has 21 heavy (non-hydrogen) atoms. The van der Waals surface area contributed by atoms with Crippen LogP contribution in [0.1, 0.15) is 81.4 Å². The lowest BCUT2D eigenvalue weighted by molar-refractivity contribution is 0.0347. The lowest BCUT2D eigenvalue weighted by Crippen LogP contribution is -2.11. The van der Waals surface area contributed by atoms with Crippen LogP contribution in [0.25, 0.3) is 5.57 Å². The van der Waals surface area contributed by atoms with E-state index in [0.717, 1.165) is 0 Å². The molecule has 0 saturated carbocycles. The Morgan fingerprint density at radius 3 is 2.14 bits per heavy atom. The summed E-state index contributed by atoms with van der Waals surface area (Å²) in [7, 11) is 0. The van der Waals surface area contributed by atoms with E-state index in [4.69, 9.17) is 4.74 Å². The van der Waals surface area contributed by atoms with Crippen LogP contribution in [0.4, 0.5) is 0 Å². The molecule has 0 bridgehead atoms. The predicted molar refractivity (Wildman–Crippen MR) is 91.8 cm³/mol. The van der Waals surface area contributed by atoms with Crippen LogP contribution in [0.2, 0.25) is 0 Å². The lowest BCUT2D eigenvalue weighted by atomic mass is 9.80. The van der Waals surface area contributed by atoms with Crippen molar-refractivity contribution < 1.29 is 4.74 Å². The second-order valence-corrected chi connectivity index (χ2v) is 7.11. The number of rotatable bonds is 2. The van der Waals surface area contributed by atoms with Crippen LogP contribution >= 0.6 is 0 Å². The third kappa shape index (κ3) is 2.94. The maximum Gasteiger partial charge on any atom is 0.0813 e. The smallest absolute Gasteiger partial charge is 0.0813 e. The summed E-state index contributed by atoms with van der Waals surface area (Å²) in [4.78, 5) is 0. The molecule has 0 radical (unpaired) electrons. The highest BCUT2D eigenvalue weighted by molar-refractivity contribution is 5.75. The van der Waals surface area contributed by atoms with Crippen LogP contribution in [0.3, 0.4) is 0 Å². The van der Waals surface area contributed by atoms with Gasteiger partial charge in [-0.25, -0.2) is 0 Å². The Morgan fingerprint density at radius 2 is 1.62 bits per heavy atom. The van der Waals surface area contributed by atoms with E-state index >= 15 is 0 Å². The first-order chi connectivity index (χ1) is 9.73. The van der Waals surface area contributed by atoms with Gasteiger partial charge >= 0.3 is 0 Å². The fraction of sp³-hybridized carbons (Fsp3) is 0.600. The van der Waals surface area contributed by atoms with Gasteiger partial charge in [0, 0.05) is 0 Å². The van der Waals surface area contributed by atoms with Crippen LogP contribution in [0.15, 0.2) is 12.1 Å². The monoisotopic (exact) mass is 286 g/mol. The summed E-state index contributed by atoms with van der Waals surface area (Å²) in [5, 5.41) is 0. The number of hydrogen-bond donors (Lipinski definition) is 0. The van der Waals surface area contributed by atoms with E-state index in [2.05, 4.69) is 67.5 Å². The third-order valence-electron chi connectivity index (χ3n) is 4.70. The number of allylic oxidation sites excluding steroid dienone is 1. The second-order valence-electron chi connectivity index (χ2n) is 7.11. The molecule has 0 N–H and O–H groups in total. The Kier molecular flexibility index (Phi) is 4.63. The minimum absolute atomic E-state index is 0.153. The maximum absolute atomic E-state index is 6.21. The average molecular weight is 286 g/mol. The molecule has 2 rings (SSSR count). The summed E-state index contributed by atoms with van der Waals surface area (Å²) in [6.45, 7) is 18.0. The molecule has 1 aromatic rings. The Labute approximate surface area is 130 Å². The zero-order valence-corrected chi connectivity index (χ0v) is 14.9. The molecule has 1 aliphatic rings. The van der Waals surface area contributed by atoms with Gasteiger partial charge < -0.3 is 4.74 Å². The summed E-state index contributed by atoms with van der Waals surface area (Å²) in [5.74, 6) is 1.04. The molecule has 0 spiro atoms. The SMILES string of the molecule is Cc1cc(C(C)C)c2c(c1C)[C@H](C)O[C@H](C)C=C2C(C)C. The Morgan fingerprint density at radius 1 is 1.00 bits per heavy atom. The van der Waals surface area contributed by atoms with Gasteiger partial charge in [0.15, 0.2) is 0 Å². The van der Waals surface area contributed by atoms with Crippen LogP contribution in [-0.4, -0.2) is 6.10 Å². The number of ether oxygens (including phenoxy) is 1. The fourth-order valence-electron chi connectivity index (χ4n) is 3.50. The Bertz CT molecular complexity index is 564. The molecule has 0 saturated heterocycles. The molecule has 0 amide bonds. The normalized spacial score (nSPS) is 22.3. The van der Waals surface area contributed by atoms with Crippen molar-refractivity contribution in [3.63, 3.8) is 0 Å². The van der Waals surface area contributed by atoms with Gasteiger partial charge in [0.05, 0.1) is 12.2 Å². The summed E-state index contributed by atoms with van der Waals surface area (Å²) in [6, 6.07) is 2.39. The topological polar surface area (TPSA) is 9.23 Å². The standard InChI is InChI=1S/C20H30O/c1-11(2)17-9-13(5)15(7)19-16(8)21-14(6)10-18(12(3)4)20(17)19/h9-12,14,16H,1-8H3/t14-,16+/m1/s1. The van der Waals surface area contributed by atoms with E-state index in [-0.39, 0.29) is 12.2 Å².